The molecule has 3 heterocycles. The highest BCUT2D eigenvalue weighted by atomic mass is 16.5. The van der Waals surface area contributed by atoms with Crippen LogP contribution >= 0.6 is 0 Å². The Hall–Kier alpha value is -3.01. The Labute approximate surface area is 159 Å². The minimum absolute atomic E-state index is 0.157. The van der Waals surface area contributed by atoms with Crippen molar-refractivity contribution in [3.05, 3.63) is 89.4 Å². The smallest absolute Gasteiger partial charge is 0.213 e. The maximum atomic E-state index is 6.39. The maximum Gasteiger partial charge on any atom is 0.213 e. The summed E-state index contributed by atoms with van der Waals surface area (Å²) in [4.78, 5) is 0. The van der Waals surface area contributed by atoms with E-state index in [2.05, 4.69) is 55.3 Å². The van der Waals surface area contributed by atoms with Crippen LogP contribution in [0.25, 0.3) is 0 Å². The van der Waals surface area contributed by atoms with Crippen LogP contribution in [0.15, 0.2) is 76.4 Å². The van der Waals surface area contributed by atoms with Gasteiger partial charge in [0.1, 0.15) is 17.2 Å². The molecule has 0 fully saturated rings. The zero-order chi connectivity index (χ0) is 18.4. The molecule has 0 saturated carbocycles. The van der Waals surface area contributed by atoms with Crippen molar-refractivity contribution in [3.63, 3.8) is 0 Å². The van der Waals surface area contributed by atoms with Crippen LogP contribution in [0.1, 0.15) is 60.9 Å². The monoisotopic (exact) mass is 358 g/mol. The highest BCUT2D eigenvalue weighted by Gasteiger charge is 2.41. The van der Waals surface area contributed by atoms with Crippen molar-refractivity contribution in [2.75, 3.05) is 0 Å². The van der Waals surface area contributed by atoms with Crippen LogP contribution < -0.4 is 4.74 Å². The lowest BCUT2D eigenvalue weighted by Crippen LogP contribution is -2.33. The quantitative estimate of drug-likeness (QED) is 0.607. The van der Waals surface area contributed by atoms with E-state index in [1.807, 2.05) is 24.3 Å². The Balaban J connectivity index is 1.56. The summed E-state index contributed by atoms with van der Waals surface area (Å²) in [5, 5.41) is 6.99. The van der Waals surface area contributed by atoms with E-state index in [1.54, 1.807) is 6.26 Å². The topological polar surface area (TPSA) is 38.0 Å². The summed E-state index contributed by atoms with van der Waals surface area (Å²) in [6.45, 7) is 4.41. The van der Waals surface area contributed by atoms with E-state index in [-0.39, 0.29) is 12.3 Å². The molecule has 2 atom stereocenters. The molecular weight excluding hydrogens is 336 g/mol. The van der Waals surface area contributed by atoms with Gasteiger partial charge in [0.05, 0.1) is 12.3 Å². The van der Waals surface area contributed by atoms with Gasteiger partial charge in [-0.15, -0.1) is 0 Å². The number of hydrazone groups is 1. The molecule has 3 aromatic rings. The van der Waals surface area contributed by atoms with Crippen LogP contribution in [0.2, 0.25) is 0 Å². The molecule has 0 bridgehead atoms. The van der Waals surface area contributed by atoms with E-state index in [0.29, 0.717) is 5.92 Å². The van der Waals surface area contributed by atoms with Crippen LogP contribution in [-0.2, 0) is 0 Å². The van der Waals surface area contributed by atoms with Crippen molar-refractivity contribution in [3.8, 4) is 5.75 Å². The summed E-state index contributed by atoms with van der Waals surface area (Å²) < 4.78 is 12.0. The lowest BCUT2D eigenvalue weighted by atomic mass is 9.96. The SMILES string of the molecule is CC(C)c1ccc([C@@H]2Oc3ccccc3[C@H]3CC(c4ccco4)=NN32)cc1. The summed E-state index contributed by atoms with van der Waals surface area (Å²) in [6, 6.07) is 21.0. The summed E-state index contributed by atoms with van der Waals surface area (Å²) >= 11 is 0. The van der Waals surface area contributed by atoms with Gasteiger partial charge >= 0.3 is 0 Å². The van der Waals surface area contributed by atoms with E-state index in [4.69, 9.17) is 14.3 Å². The van der Waals surface area contributed by atoms with Gasteiger partial charge in [-0.1, -0.05) is 56.3 Å². The van der Waals surface area contributed by atoms with Crippen LogP contribution in [0, 0.1) is 0 Å². The third-order valence-electron chi connectivity index (χ3n) is 5.39. The largest absolute Gasteiger partial charge is 0.464 e. The summed E-state index contributed by atoms with van der Waals surface area (Å²) in [6.07, 6.45) is 2.27. The highest BCUT2D eigenvalue weighted by Crippen LogP contribution is 2.47. The van der Waals surface area contributed by atoms with Crippen molar-refractivity contribution in [1.82, 2.24) is 5.01 Å². The molecule has 136 valence electrons. The Bertz CT molecular complexity index is 974. The van der Waals surface area contributed by atoms with Gasteiger partial charge in [-0.25, -0.2) is 5.01 Å². The van der Waals surface area contributed by atoms with Crippen LogP contribution in [0.3, 0.4) is 0 Å². The van der Waals surface area contributed by atoms with Gasteiger partial charge in [-0.2, -0.15) is 5.10 Å². The Morgan fingerprint density at radius 3 is 2.56 bits per heavy atom. The van der Waals surface area contributed by atoms with Crippen LogP contribution in [0.5, 0.6) is 5.75 Å². The van der Waals surface area contributed by atoms with Gasteiger partial charge < -0.3 is 9.15 Å². The molecular formula is C23H22N2O2. The van der Waals surface area contributed by atoms with E-state index in [0.717, 1.165) is 29.2 Å². The molecule has 27 heavy (non-hydrogen) atoms. The van der Waals surface area contributed by atoms with Gasteiger partial charge in [0.25, 0.3) is 0 Å². The molecule has 0 saturated heterocycles. The Morgan fingerprint density at radius 2 is 1.81 bits per heavy atom. The molecule has 5 rings (SSSR count). The lowest BCUT2D eigenvalue weighted by molar-refractivity contribution is -0.0190. The van der Waals surface area contributed by atoms with Crippen molar-refractivity contribution >= 4 is 5.71 Å². The fraction of sp³-hybridized carbons (Fsp3) is 0.261. The third-order valence-corrected chi connectivity index (χ3v) is 5.39. The molecule has 0 amide bonds. The van der Waals surface area contributed by atoms with Gasteiger partial charge in [0, 0.05) is 17.5 Å². The summed E-state index contributed by atoms with van der Waals surface area (Å²) in [5.74, 6) is 2.28. The lowest BCUT2D eigenvalue weighted by Gasteiger charge is -2.38. The second kappa shape index (κ2) is 6.31. The van der Waals surface area contributed by atoms with E-state index < -0.39 is 0 Å². The summed E-state index contributed by atoms with van der Waals surface area (Å²) in [7, 11) is 0. The van der Waals surface area contributed by atoms with Gasteiger partial charge in [0.15, 0.2) is 0 Å². The number of ether oxygens (including phenoxy) is 1. The number of hydrogen-bond donors (Lipinski definition) is 0. The first kappa shape index (κ1) is 16.2. The zero-order valence-electron chi connectivity index (χ0n) is 15.5. The fourth-order valence-corrected chi connectivity index (χ4v) is 3.89. The van der Waals surface area contributed by atoms with Crippen LogP contribution in [0.4, 0.5) is 0 Å². The molecule has 0 N–H and O–H groups in total. The first-order chi connectivity index (χ1) is 13.2. The van der Waals surface area contributed by atoms with Crippen molar-refractivity contribution in [2.24, 2.45) is 5.10 Å². The number of fused-ring (bicyclic) bond motifs is 3. The Morgan fingerprint density at radius 1 is 1.00 bits per heavy atom. The molecule has 1 aromatic heterocycles. The number of nitrogens with zero attached hydrogens (tertiary/aromatic N) is 2. The van der Waals surface area contributed by atoms with Gasteiger partial charge in [-0.3, -0.25) is 0 Å². The average molecular weight is 358 g/mol. The first-order valence-electron chi connectivity index (χ1n) is 9.46. The minimum atomic E-state index is -0.237. The molecule has 2 aliphatic rings. The molecule has 0 unspecified atom stereocenters. The average Bonchev–Trinajstić information content (AvgIpc) is 3.37. The second-order valence-electron chi connectivity index (χ2n) is 7.45. The molecule has 2 aromatic carbocycles. The third kappa shape index (κ3) is 2.72. The zero-order valence-corrected chi connectivity index (χ0v) is 15.5. The number of hydrogen-bond acceptors (Lipinski definition) is 4. The standard InChI is InChI=1S/C23H22N2O2/c1-15(2)16-9-11-17(12-10-16)23-25-20(18-6-3-4-7-21(18)27-23)14-19(24-25)22-8-5-13-26-22/h3-13,15,20,23H,14H2,1-2H3/t20-,23+/m1/s1. The molecule has 0 aliphatic carbocycles. The summed E-state index contributed by atoms with van der Waals surface area (Å²) in [5.41, 5.74) is 4.59. The molecule has 0 spiro atoms. The minimum Gasteiger partial charge on any atom is -0.464 e. The maximum absolute atomic E-state index is 6.39. The van der Waals surface area contributed by atoms with Gasteiger partial charge in [-0.05, 0) is 29.7 Å². The second-order valence-corrected chi connectivity index (χ2v) is 7.45. The van der Waals surface area contributed by atoms with E-state index in [1.165, 1.54) is 11.1 Å². The number of rotatable bonds is 3. The molecule has 2 aliphatic heterocycles. The predicted octanol–water partition coefficient (Wildman–Crippen LogP) is 5.65. The first-order valence-corrected chi connectivity index (χ1v) is 9.46. The molecule has 0 radical (unpaired) electrons. The Kier molecular flexibility index (Phi) is 3.78. The highest BCUT2D eigenvalue weighted by molar-refractivity contribution is 5.99. The van der Waals surface area contributed by atoms with E-state index >= 15 is 0 Å². The molecule has 4 nitrogen and oxygen atoms in total. The number of para-hydroxylation sites is 1. The van der Waals surface area contributed by atoms with Crippen molar-refractivity contribution < 1.29 is 9.15 Å². The predicted molar refractivity (Wildman–Crippen MR) is 105 cm³/mol. The normalized spacial score (nSPS) is 20.9. The molecule has 4 heteroatoms. The van der Waals surface area contributed by atoms with Crippen molar-refractivity contribution in [2.45, 2.75) is 38.5 Å². The van der Waals surface area contributed by atoms with Crippen molar-refractivity contribution in [1.29, 1.82) is 0 Å². The van der Waals surface area contributed by atoms with E-state index in [9.17, 15) is 0 Å². The number of furan rings is 1. The number of benzene rings is 2. The van der Waals surface area contributed by atoms with Crippen LogP contribution in [-0.4, -0.2) is 10.7 Å². The fourth-order valence-electron chi connectivity index (χ4n) is 3.89. The van der Waals surface area contributed by atoms with Gasteiger partial charge in [0.2, 0.25) is 6.23 Å².